The summed E-state index contributed by atoms with van der Waals surface area (Å²) in [5, 5.41) is 9.39. The molecular weight excluding hydrogens is 514 g/mol. The molecular formula is C23H22ClF2N6O3S+. The number of nitrogens with zero attached hydrogens (tertiary/aromatic N) is 6. The van der Waals surface area contributed by atoms with E-state index in [1.54, 1.807) is 24.3 Å². The number of tetrazole rings is 1. The number of hydrogen-bond donors (Lipinski definition) is 0. The van der Waals surface area contributed by atoms with Crippen molar-refractivity contribution in [3.63, 3.8) is 0 Å². The van der Waals surface area contributed by atoms with Gasteiger partial charge in [0.15, 0.2) is 17.2 Å². The van der Waals surface area contributed by atoms with E-state index in [0.717, 1.165) is 24.3 Å². The number of benzene rings is 2. The van der Waals surface area contributed by atoms with Crippen LogP contribution < -0.4 is 19.0 Å². The second kappa shape index (κ2) is 10.3. The lowest BCUT2D eigenvalue weighted by Crippen LogP contribution is -2.43. The van der Waals surface area contributed by atoms with E-state index in [1.165, 1.54) is 9.59 Å². The number of aromatic nitrogens is 5. The Labute approximate surface area is 214 Å². The van der Waals surface area contributed by atoms with Gasteiger partial charge < -0.3 is 19.1 Å². The molecule has 1 aliphatic rings. The molecule has 36 heavy (non-hydrogen) atoms. The molecule has 0 atom stereocenters. The Morgan fingerprint density at radius 1 is 1.19 bits per heavy atom. The van der Waals surface area contributed by atoms with Gasteiger partial charge in [0.2, 0.25) is 12.5 Å². The van der Waals surface area contributed by atoms with E-state index in [0.29, 0.717) is 40.9 Å². The Morgan fingerprint density at radius 2 is 2.00 bits per heavy atom. The van der Waals surface area contributed by atoms with Gasteiger partial charge in [-0.15, -0.1) is 0 Å². The van der Waals surface area contributed by atoms with Crippen LogP contribution in [0.2, 0.25) is 4.34 Å². The highest BCUT2D eigenvalue weighted by molar-refractivity contribution is 7.17. The smallest absolute Gasteiger partial charge is 0.366 e. The fourth-order valence-corrected chi connectivity index (χ4v) is 4.62. The summed E-state index contributed by atoms with van der Waals surface area (Å²) in [6, 6.07) is 12.6. The fraction of sp³-hybridized carbons (Fsp3) is 0.304. The van der Waals surface area contributed by atoms with Crippen LogP contribution in [0.4, 0.5) is 8.78 Å². The third kappa shape index (κ3) is 4.97. The van der Waals surface area contributed by atoms with E-state index in [2.05, 4.69) is 20.1 Å². The van der Waals surface area contributed by atoms with Crippen molar-refractivity contribution < 1.29 is 27.8 Å². The number of halogens is 3. The summed E-state index contributed by atoms with van der Waals surface area (Å²) in [5.41, 5.74) is 0.705. The van der Waals surface area contributed by atoms with E-state index >= 15 is 0 Å². The zero-order valence-corrected chi connectivity index (χ0v) is 21.0. The van der Waals surface area contributed by atoms with Crippen LogP contribution >= 0.6 is 22.9 Å². The molecule has 13 heteroatoms. The molecule has 2 aromatic heterocycles. The normalized spacial score (nSPS) is 12.6. The molecule has 1 aliphatic heterocycles. The lowest BCUT2D eigenvalue weighted by molar-refractivity contribution is -0.734. The number of rotatable bonds is 9. The molecule has 9 nitrogen and oxygen atoms in total. The lowest BCUT2D eigenvalue weighted by Gasteiger charge is -2.12. The zero-order valence-electron chi connectivity index (χ0n) is 19.4. The predicted octanol–water partition coefficient (Wildman–Crippen LogP) is 4.32. The highest BCUT2D eigenvalue weighted by Crippen LogP contribution is 2.36. The van der Waals surface area contributed by atoms with Crippen LogP contribution in [0.15, 0.2) is 42.5 Å². The first kappa shape index (κ1) is 24.3. The van der Waals surface area contributed by atoms with Gasteiger partial charge in [0.1, 0.15) is 10.1 Å². The van der Waals surface area contributed by atoms with Gasteiger partial charge in [0.25, 0.3) is 12.2 Å². The van der Waals surface area contributed by atoms with Crippen molar-refractivity contribution in [2.45, 2.75) is 12.8 Å². The number of fused-ring (bicyclic) bond motifs is 1. The minimum atomic E-state index is -2.82. The zero-order chi connectivity index (χ0) is 25.2. The van der Waals surface area contributed by atoms with Crippen LogP contribution in [0.25, 0.3) is 22.2 Å². The molecule has 5 rings (SSSR count). The van der Waals surface area contributed by atoms with E-state index in [4.69, 9.17) is 25.8 Å². The highest BCUT2D eigenvalue weighted by Gasteiger charge is 2.31. The monoisotopic (exact) mass is 535 g/mol. The Morgan fingerprint density at radius 3 is 2.78 bits per heavy atom. The van der Waals surface area contributed by atoms with Crippen molar-refractivity contribution in [1.82, 2.24) is 24.9 Å². The Bertz CT molecular complexity index is 1380. The van der Waals surface area contributed by atoms with Crippen LogP contribution in [-0.4, -0.2) is 58.9 Å². The molecule has 0 saturated carbocycles. The molecule has 188 valence electrons. The second-order valence-electron chi connectivity index (χ2n) is 8.10. The lowest BCUT2D eigenvalue weighted by atomic mass is 10.2. The topological polar surface area (TPSA) is 78.4 Å². The summed E-state index contributed by atoms with van der Waals surface area (Å²) in [4.78, 5) is 8.92. The number of para-hydroxylation sites is 2. The van der Waals surface area contributed by atoms with Crippen molar-refractivity contribution >= 4 is 22.9 Å². The number of thiazole rings is 1. The van der Waals surface area contributed by atoms with Crippen LogP contribution in [0, 0.1) is 0 Å². The van der Waals surface area contributed by atoms with Gasteiger partial charge in [-0.25, -0.2) is 8.78 Å². The van der Waals surface area contributed by atoms with E-state index in [1.807, 2.05) is 32.3 Å². The van der Waals surface area contributed by atoms with Crippen molar-refractivity contribution in [3.05, 3.63) is 52.5 Å². The molecule has 2 aromatic carbocycles. The maximum absolute atomic E-state index is 13.4. The van der Waals surface area contributed by atoms with Crippen molar-refractivity contribution in [3.8, 4) is 39.5 Å². The summed E-state index contributed by atoms with van der Waals surface area (Å²) >= 11 is 6.95. The van der Waals surface area contributed by atoms with Crippen molar-refractivity contribution in [2.75, 3.05) is 34.0 Å². The Hall–Kier alpha value is -3.35. The van der Waals surface area contributed by atoms with E-state index in [9.17, 15) is 8.78 Å². The Balaban J connectivity index is 1.58. The molecule has 3 heterocycles. The van der Waals surface area contributed by atoms with Gasteiger partial charge in [0.05, 0.1) is 6.61 Å². The van der Waals surface area contributed by atoms with Gasteiger partial charge in [-0.05, 0) is 76.9 Å². The maximum Gasteiger partial charge on any atom is 0.366 e. The molecule has 0 N–H and O–H groups in total. The van der Waals surface area contributed by atoms with Crippen molar-refractivity contribution in [2.24, 2.45) is 0 Å². The van der Waals surface area contributed by atoms with E-state index in [-0.39, 0.29) is 16.3 Å². The Kier molecular flexibility index (Phi) is 6.99. The standard InChI is InChI=1S/C23H22ClF2N6O3S/c1-30(2)10-5-11-33-16-7-4-3-6-15(16)31-28-22(14-8-9-17-18(12-14)35-13-34-17)29-32(31)23-27-19(21(25)26)20(24)36-23/h3-4,6-9,12,21H,5,10-11,13H2,1-2H3/q+1. The summed E-state index contributed by atoms with van der Waals surface area (Å²) in [7, 11) is 3.99. The first-order valence-corrected chi connectivity index (χ1v) is 12.2. The van der Waals surface area contributed by atoms with Crippen LogP contribution in [0.5, 0.6) is 17.2 Å². The average Bonchev–Trinajstić information content (AvgIpc) is 3.59. The van der Waals surface area contributed by atoms with Crippen LogP contribution in [0.3, 0.4) is 0 Å². The first-order chi connectivity index (χ1) is 17.4. The summed E-state index contributed by atoms with van der Waals surface area (Å²) < 4.78 is 43.7. The van der Waals surface area contributed by atoms with Gasteiger partial charge in [-0.1, -0.05) is 28.7 Å². The second-order valence-corrected chi connectivity index (χ2v) is 9.68. The van der Waals surface area contributed by atoms with Crippen molar-refractivity contribution in [1.29, 1.82) is 0 Å². The van der Waals surface area contributed by atoms with Crippen LogP contribution in [-0.2, 0) is 0 Å². The van der Waals surface area contributed by atoms with Gasteiger partial charge in [0, 0.05) is 17.2 Å². The van der Waals surface area contributed by atoms with Gasteiger partial charge >= 0.3 is 5.13 Å². The number of hydrogen-bond acceptors (Lipinski definition) is 8. The quantitative estimate of drug-likeness (QED) is 0.233. The molecule has 0 radical (unpaired) electrons. The highest BCUT2D eigenvalue weighted by atomic mass is 35.5. The first-order valence-electron chi connectivity index (χ1n) is 11.0. The molecule has 0 saturated heterocycles. The maximum atomic E-state index is 13.4. The third-order valence-electron chi connectivity index (χ3n) is 5.25. The van der Waals surface area contributed by atoms with E-state index < -0.39 is 12.1 Å². The molecule has 0 bridgehead atoms. The summed E-state index contributed by atoms with van der Waals surface area (Å²) in [5.74, 6) is 2.07. The fourth-order valence-electron chi connectivity index (χ4n) is 3.54. The summed E-state index contributed by atoms with van der Waals surface area (Å²) in [6.07, 6.45) is -2.00. The minimum absolute atomic E-state index is 0.111. The predicted molar refractivity (Wildman–Crippen MR) is 129 cm³/mol. The molecule has 0 spiro atoms. The van der Waals surface area contributed by atoms with Gasteiger partial charge in [-0.3, -0.25) is 0 Å². The van der Waals surface area contributed by atoms with Gasteiger partial charge in [-0.2, -0.15) is 0 Å². The third-order valence-corrected chi connectivity index (χ3v) is 6.50. The van der Waals surface area contributed by atoms with Crippen LogP contribution in [0.1, 0.15) is 18.5 Å². The minimum Gasteiger partial charge on any atom is -0.491 e. The largest absolute Gasteiger partial charge is 0.491 e. The average molecular weight is 536 g/mol. The SMILES string of the molecule is CN(C)CCCOc1ccccc1-n1nc(-c2ccc3c(c2)OCO3)n[n+]1-c1nc(C(F)F)c(Cl)s1. The number of ether oxygens (including phenoxy) is 3. The molecule has 0 fully saturated rings. The molecule has 0 aliphatic carbocycles. The number of alkyl halides is 2. The summed E-state index contributed by atoms with van der Waals surface area (Å²) in [6.45, 7) is 1.48. The molecule has 4 aromatic rings. The molecule has 0 amide bonds. The molecule has 0 unspecified atom stereocenters.